The van der Waals surface area contributed by atoms with Crippen LogP contribution in [0.2, 0.25) is 0 Å². The third-order valence-electron chi connectivity index (χ3n) is 2.75. The Morgan fingerprint density at radius 1 is 1.31 bits per heavy atom. The van der Waals surface area contributed by atoms with Crippen LogP contribution in [-0.4, -0.2) is 58.8 Å². The number of nitrogens with one attached hydrogen (secondary N) is 1. The second-order valence-corrected chi connectivity index (χ2v) is 4.12. The molecular formula is C10H17N5O. The normalized spacial score (nSPS) is 17.5. The van der Waals surface area contributed by atoms with Crippen molar-refractivity contribution in [1.82, 2.24) is 19.6 Å². The van der Waals surface area contributed by atoms with Crippen LogP contribution in [0.1, 0.15) is 0 Å². The van der Waals surface area contributed by atoms with Gasteiger partial charge >= 0.3 is 6.03 Å². The van der Waals surface area contributed by atoms with Gasteiger partial charge in [0, 0.05) is 39.4 Å². The zero-order valence-corrected chi connectivity index (χ0v) is 9.68. The second-order valence-electron chi connectivity index (χ2n) is 4.12. The molecule has 2 amide bonds. The van der Waals surface area contributed by atoms with Gasteiger partial charge in [0.05, 0.1) is 11.9 Å². The number of anilines is 1. The van der Waals surface area contributed by atoms with Crippen LogP contribution in [0, 0.1) is 0 Å². The van der Waals surface area contributed by atoms with E-state index in [4.69, 9.17) is 0 Å². The minimum atomic E-state index is -0.0406. The molecule has 0 unspecified atom stereocenters. The number of likely N-dealkylation sites (N-methyl/N-ethyl adjacent to an activating group) is 1. The van der Waals surface area contributed by atoms with Crippen molar-refractivity contribution in [3.05, 3.63) is 12.4 Å². The Bertz CT molecular complexity index is 367. The number of piperazine rings is 1. The van der Waals surface area contributed by atoms with Crippen molar-refractivity contribution in [2.45, 2.75) is 0 Å². The molecule has 0 saturated carbocycles. The average molecular weight is 223 g/mol. The Morgan fingerprint density at radius 2 is 2.00 bits per heavy atom. The quantitative estimate of drug-likeness (QED) is 0.740. The maximum absolute atomic E-state index is 11.8. The summed E-state index contributed by atoms with van der Waals surface area (Å²) in [6.07, 6.45) is 3.43. The van der Waals surface area contributed by atoms with Crippen LogP contribution >= 0.6 is 0 Å². The number of hydrogen-bond donors (Lipinski definition) is 1. The summed E-state index contributed by atoms with van der Waals surface area (Å²) in [5.41, 5.74) is 0.742. The standard InChI is InChI=1S/C10H17N5O/c1-13-3-5-15(6-4-13)10(16)12-9-7-11-14(2)8-9/h7-8H,3-6H2,1-2H3,(H,12,16). The average Bonchev–Trinajstić information content (AvgIpc) is 2.65. The van der Waals surface area contributed by atoms with Crippen molar-refractivity contribution in [3.8, 4) is 0 Å². The molecule has 6 nitrogen and oxygen atoms in total. The fourth-order valence-corrected chi connectivity index (χ4v) is 1.70. The first-order valence-corrected chi connectivity index (χ1v) is 5.38. The van der Waals surface area contributed by atoms with Crippen LogP contribution in [-0.2, 0) is 7.05 Å². The van der Waals surface area contributed by atoms with Gasteiger partial charge in [0.25, 0.3) is 0 Å². The molecule has 0 spiro atoms. The highest BCUT2D eigenvalue weighted by Gasteiger charge is 2.18. The van der Waals surface area contributed by atoms with Gasteiger partial charge in [-0.2, -0.15) is 5.10 Å². The highest BCUT2D eigenvalue weighted by atomic mass is 16.2. The first-order chi connectivity index (χ1) is 7.65. The maximum atomic E-state index is 11.8. The van der Waals surface area contributed by atoms with E-state index in [-0.39, 0.29) is 6.03 Å². The van der Waals surface area contributed by atoms with Gasteiger partial charge in [0.15, 0.2) is 0 Å². The molecule has 1 saturated heterocycles. The fraction of sp³-hybridized carbons (Fsp3) is 0.600. The Balaban J connectivity index is 1.88. The lowest BCUT2D eigenvalue weighted by Crippen LogP contribution is -2.48. The predicted molar refractivity (Wildman–Crippen MR) is 61.3 cm³/mol. The summed E-state index contributed by atoms with van der Waals surface area (Å²) in [5.74, 6) is 0. The number of nitrogens with zero attached hydrogens (tertiary/aromatic N) is 4. The molecule has 6 heteroatoms. The van der Waals surface area contributed by atoms with Gasteiger partial charge in [-0.3, -0.25) is 4.68 Å². The van der Waals surface area contributed by atoms with Crippen LogP contribution in [0.5, 0.6) is 0 Å². The van der Waals surface area contributed by atoms with Crippen molar-refractivity contribution in [1.29, 1.82) is 0 Å². The van der Waals surface area contributed by atoms with Crippen LogP contribution in [0.15, 0.2) is 12.4 Å². The van der Waals surface area contributed by atoms with Crippen LogP contribution < -0.4 is 5.32 Å². The SMILES string of the molecule is CN1CCN(C(=O)Nc2cnn(C)c2)CC1. The lowest BCUT2D eigenvalue weighted by atomic mass is 10.3. The first-order valence-electron chi connectivity index (χ1n) is 5.38. The molecular weight excluding hydrogens is 206 g/mol. The van der Waals surface area contributed by atoms with Crippen molar-refractivity contribution < 1.29 is 4.79 Å². The van der Waals surface area contributed by atoms with Gasteiger partial charge in [-0.25, -0.2) is 4.79 Å². The van der Waals surface area contributed by atoms with E-state index in [0.29, 0.717) is 0 Å². The number of aromatic nitrogens is 2. The van der Waals surface area contributed by atoms with Gasteiger partial charge < -0.3 is 15.1 Å². The van der Waals surface area contributed by atoms with E-state index in [1.807, 2.05) is 11.9 Å². The second kappa shape index (κ2) is 4.52. The minimum Gasteiger partial charge on any atom is -0.322 e. The molecule has 0 aliphatic carbocycles. The van der Waals surface area contributed by atoms with Crippen LogP contribution in [0.25, 0.3) is 0 Å². The molecule has 2 heterocycles. The Morgan fingerprint density at radius 3 is 2.56 bits per heavy atom. The van der Waals surface area contributed by atoms with Crippen LogP contribution in [0.4, 0.5) is 10.5 Å². The smallest absolute Gasteiger partial charge is 0.322 e. The lowest BCUT2D eigenvalue weighted by molar-refractivity contribution is 0.164. The van der Waals surface area contributed by atoms with E-state index in [9.17, 15) is 4.79 Å². The number of amides is 2. The minimum absolute atomic E-state index is 0.0406. The summed E-state index contributed by atoms with van der Waals surface area (Å²) in [7, 11) is 3.89. The maximum Gasteiger partial charge on any atom is 0.322 e. The van der Waals surface area contributed by atoms with E-state index >= 15 is 0 Å². The fourth-order valence-electron chi connectivity index (χ4n) is 1.70. The Hall–Kier alpha value is -1.56. The molecule has 1 aromatic heterocycles. The molecule has 88 valence electrons. The largest absolute Gasteiger partial charge is 0.322 e. The molecule has 1 N–H and O–H groups in total. The van der Waals surface area contributed by atoms with E-state index in [2.05, 4.69) is 22.4 Å². The summed E-state index contributed by atoms with van der Waals surface area (Å²) in [5, 5.41) is 6.83. The highest BCUT2D eigenvalue weighted by Crippen LogP contribution is 2.07. The topological polar surface area (TPSA) is 53.4 Å². The van der Waals surface area contributed by atoms with Gasteiger partial charge in [-0.05, 0) is 7.05 Å². The Labute approximate surface area is 94.8 Å². The van der Waals surface area contributed by atoms with E-state index < -0.39 is 0 Å². The van der Waals surface area contributed by atoms with Crippen molar-refractivity contribution >= 4 is 11.7 Å². The van der Waals surface area contributed by atoms with Gasteiger partial charge in [0.2, 0.25) is 0 Å². The number of urea groups is 1. The number of hydrogen-bond acceptors (Lipinski definition) is 3. The van der Waals surface area contributed by atoms with E-state index in [0.717, 1.165) is 31.9 Å². The predicted octanol–water partition coefficient (Wildman–Crippen LogP) is 0.199. The molecule has 1 aromatic rings. The van der Waals surface area contributed by atoms with Gasteiger partial charge in [-0.1, -0.05) is 0 Å². The van der Waals surface area contributed by atoms with Crippen molar-refractivity contribution in [2.24, 2.45) is 7.05 Å². The van der Waals surface area contributed by atoms with Gasteiger partial charge in [0.1, 0.15) is 0 Å². The Kier molecular flexibility index (Phi) is 3.09. The van der Waals surface area contributed by atoms with E-state index in [1.54, 1.807) is 17.1 Å². The molecule has 16 heavy (non-hydrogen) atoms. The molecule has 0 atom stereocenters. The summed E-state index contributed by atoms with van der Waals surface area (Å²) in [6.45, 7) is 3.42. The lowest BCUT2D eigenvalue weighted by Gasteiger charge is -2.32. The molecule has 2 rings (SSSR count). The molecule has 1 aliphatic heterocycles. The molecule has 0 radical (unpaired) electrons. The summed E-state index contributed by atoms with van der Waals surface area (Å²) >= 11 is 0. The van der Waals surface area contributed by atoms with Crippen molar-refractivity contribution in [3.63, 3.8) is 0 Å². The number of carbonyl (C=O) groups excluding carboxylic acids is 1. The highest BCUT2D eigenvalue weighted by molar-refractivity contribution is 5.89. The van der Waals surface area contributed by atoms with Gasteiger partial charge in [-0.15, -0.1) is 0 Å². The molecule has 0 bridgehead atoms. The summed E-state index contributed by atoms with van der Waals surface area (Å²) in [4.78, 5) is 15.9. The molecule has 1 aliphatic rings. The number of aryl methyl sites for hydroxylation is 1. The number of carbonyl (C=O) groups is 1. The third kappa shape index (κ3) is 2.52. The molecule has 1 fully saturated rings. The number of rotatable bonds is 1. The van der Waals surface area contributed by atoms with E-state index in [1.165, 1.54) is 0 Å². The summed E-state index contributed by atoms with van der Waals surface area (Å²) < 4.78 is 1.67. The zero-order valence-electron chi connectivity index (χ0n) is 9.68. The van der Waals surface area contributed by atoms with Crippen molar-refractivity contribution in [2.75, 3.05) is 38.5 Å². The zero-order chi connectivity index (χ0) is 11.5. The summed E-state index contributed by atoms with van der Waals surface area (Å²) in [6, 6.07) is -0.0406. The molecule has 0 aromatic carbocycles. The third-order valence-corrected chi connectivity index (χ3v) is 2.75. The monoisotopic (exact) mass is 223 g/mol. The first kappa shape index (κ1) is 10.9. The van der Waals surface area contributed by atoms with Crippen LogP contribution in [0.3, 0.4) is 0 Å².